The minimum atomic E-state index is 0.160. The molecule has 0 saturated heterocycles. The lowest BCUT2D eigenvalue weighted by molar-refractivity contribution is 0.298. The highest BCUT2D eigenvalue weighted by molar-refractivity contribution is 5.39. The van der Waals surface area contributed by atoms with Gasteiger partial charge in [0.2, 0.25) is 0 Å². The van der Waals surface area contributed by atoms with Crippen molar-refractivity contribution < 1.29 is 19.3 Å². The van der Waals surface area contributed by atoms with Crippen LogP contribution < -0.4 is 14.2 Å². The summed E-state index contributed by atoms with van der Waals surface area (Å²) in [6, 6.07) is 12.4. The van der Waals surface area contributed by atoms with Gasteiger partial charge in [-0.05, 0) is 36.4 Å². The van der Waals surface area contributed by atoms with E-state index < -0.39 is 0 Å². The molecule has 4 heteroatoms. The molecule has 0 amide bonds. The Morgan fingerprint density at radius 2 is 1.42 bits per heavy atom. The van der Waals surface area contributed by atoms with Gasteiger partial charge < -0.3 is 19.3 Å². The fourth-order valence-corrected chi connectivity index (χ4v) is 1.63. The molecule has 0 fully saturated rings. The fraction of sp³-hybridized carbons (Fsp3) is 0.200. The van der Waals surface area contributed by atoms with Gasteiger partial charge in [-0.1, -0.05) is 0 Å². The summed E-state index contributed by atoms with van der Waals surface area (Å²) in [6.07, 6.45) is 0. The largest absolute Gasteiger partial charge is 0.507 e. The van der Waals surface area contributed by atoms with Crippen LogP contribution in [0.15, 0.2) is 42.5 Å². The van der Waals surface area contributed by atoms with Crippen molar-refractivity contribution in [3.63, 3.8) is 0 Å². The first-order valence-electron chi connectivity index (χ1n) is 5.85. The molecule has 2 aromatic carbocycles. The Bertz CT molecular complexity index is 534. The highest BCUT2D eigenvalue weighted by Crippen LogP contribution is 2.25. The van der Waals surface area contributed by atoms with Gasteiger partial charge in [-0.2, -0.15) is 0 Å². The summed E-state index contributed by atoms with van der Waals surface area (Å²) in [5.41, 5.74) is 0.705. The molecular weight excluding hydrogens is 244 g/mol. The molecule has 2 rings (SSSR count). The number of methoxy groups -OCH3 is 2. The maximum atomic E-state index is 9.80. The van der Waals surface area contributed by atoms with Crippen molar-refractivity contribution in [2.75, 3.05) is 14.2 Å². The topological polar surface area (TPSA) is 47.9 Å². The van der Waals surface area contributed by atoms with Crippen LogP contribution >= 0.6 is 0 Å². The lowest BCUT2D eigenvalue weighted by Gasteiger charge is -2.09. The summed E-state index contributed by atoms with van der Waals surface area (Å²) in [7, 11) is 3.17. The number of rotatable bonds is 5. The van der Waals surface area contributed by atoms with E-state index in [9.17, 15) is 5.11 Å². The Balaban J connectivity index is 2.01. The van der Waals surface area contributed by atoms with Gasteiger partial charge in [0.25, 0.3) is 0 Å². The van der Waals surface area contributed by atoms with E-state index in [4.69, 9.17) is 14.2 Å². The van der Waals surface area contributed by atoms with Crippen molar-refractivity contribution in [3.8, 4) is 23.0 Å². The average Bonchev–Trinajstić information content (AvgIpc) is 2.46. The van der Waals surface area contributed by atoms with Crippen molar-refractivity contribution in [2.45, 2.75) is 6.61 Å². The van der Waals surface area contributed by atoms with Crippen LogP contribution in [0.2, 0.25) is 0 Å². The molecule has 2 aromatic rings. The highest BCUT2D eigenvalue weighted by atomic mass is 16.5. The van der Waals surface area contributed by atoms with E-state index in [0.29, 0.717) is 17.9 Å². The first kappa shape index (κ1) is 13.1. The van der Waals surface area contributed by atoms with Gasteiger partial charge in [0, 0.05) is 11.6 Å². The Morgan fingerprint density at radius 3 is 2.00 bits per heavy atom. The number of phenolic OH excluding ortho intramolecular Hbond substituents is 1. The molecule has 0 saturated carbocycles. The van der Waals surface area contributed by atoms with E-state index >= 15 is 0 Å². The zero-order valence-corrected chi connectivity index (χ0v) is 10.9. The standard InChI is InChI=1S/C15H16O4/c1-17-12-5-7-13(8-6-12)19-10-11-3-4-14(18-2)9-15(11)16/h3-9,16H,10H2,1-2H3. The highest BCUT2D eigenvalue weighted by Gasteiger charge is 2.04. The molecular formula is C15H16O4. The van der Waals surface area contributed by atoms with E-state index in [0.717, 1.165) is 11.5 Å². The van der Waals surface area contributed by atoms with Gasteiger partial charge in [0.15, 0.2) is 0 Å². The molecule has 0 spiro atoms. The minimum Gasteiger partial charge on any atom is -0.507 e. The smallest absolute Gasteiger partial charge is 0.125 e. The normalized spacial score (nSPS) is 10.0. The van der Waals surface area contributed by atoms with Crippen LogP contribution in [0, 0.1) is 0 Å². The molecule has 4 nitrogen and oxygen atoms in total. The first-order valence-corrected chi connectivity index (χ1v) is 5.85. The van der Waals surface area contributed by atoms with Gasteiger partial charge in [0.05, 0.1) is 14.2 Å². The zero-order chi connectivity index (χ0) is 13.7. The van der Waals surface area contributed by atoms with Crippen molar-refractivity contribution in [1.29, 1.82) is 0 Å². The molecule has 0 aliphatic carbocycles. The lowest BCUT2D eigenvalue weighted by Crippen LogP contribution is -1.96. The molecule has 0 radical (unpaired) electrons. The summed E-state index contributed by atoms with van der Waals surface area (Å²) < 4.78 is 15.7. The summed E-state index contributed by atoms with van der Waals surface area (Å²) in [5, 5.41) is 9.80. The van der Waals surface area contributed by atoms with Crippen LogP contribution in [-0.4, -0.2) is 19.3 Å². The summed E-state index contributed by atoms with van der Waals surface area (Å²) in [4.78, 5) is 0. The van der Waals surface area contributed by atoms with Crippen LogP contribution in [0.1, 0.15) is 5.56 Å². The summed E-state index contributed by atoms with van der Waals surface area (Å²) >= 11 is 0. The maximum absolute atomic E-state index is 9.80. The summed E-state index contributed by atoms with van der Waals surface area (Å²) in [6.45, 7) is 0.294. The average molecular weight is 260 g/mol. The first-order chi connectivity index (χ1) is 9.22. The third kappa shape index (κ3) is 3.31. The molecule has 0 aliphatic rings. The Hall–Kier alpha value is -2.36. The molecule has 0 bridgehead atoms. The van der Waals surface area contributed by atoms with E-state index in [-0.39, 0.29) is 5.75 Å². The number of phenols is 1. The van der Waals surface area contributed by atoms with E-state index in [1.165, 1.54) is 0 Å². The lowest BCUT2D eigenvalue weighted by atomic mass is 10.2. The second kappa shape index (κ2) is 6.00. The number of benzene rings is 2. The molecule has 0 aliphatic heterocycles. The summed E-state index contributed by atoms with van der Waals surface area (Å²) in [5.74, 6) is 2.27. The molecule has 100 valence electrons. The molecule has 0 aromatic heterocycles. The quantitative estimate of drug-likeness (QED) is 0.897. The van der Waals surface area contributed by atoms with Gasteiger partial charge in [-0.3, -0.25) is 0 Å². The number of ether oxygens (including phenoxy) is 3. The van der Waals surface area contributed by atoms with E-state index in [1.54, 1.807) is 32.4 Å². The molecule has 19 heavy (non-hydrogen) atoms. The zero-order valence-electron chi connectivity index (χ0n) is 10.9. The van der Waals surface area contributed by atoms with Gasteiger partial charge in [-0.25, -0.2) is 0 Å². The molecule has 0 unspecified atom stereocenters. The van der Waals surface area contributed by atoms with E-state index in [1.807, 2.05) is 24.3 Å². The Labute approximate surface area is 112 Å². The van der Waals surface area contributed by atoms with Crippen molar-refractivity contribution in [3.05, 3.63) is 48.0 Å². The Morgan fingerprint density at radius 1 is 0.842 bits per heavy atom. The second-order valence-corrected chi connectivity index (χ2v) is 3.96. The van der Waals surface area contributed by atoms with Crippen molar-refractivity contribution >= 4 is 0 Å². The van der Waals surface area contributed by atoms with E-state index in [2.05, 4.69) is 0 Å². The van der Waals surface area contributed by atoms with Gasteiger partial charge in [-0.15, -0.1) is 0 Å². The van der Waals surface area contributed by atoms with Crippen LogP contribution in [0.25, 0.3) is 0 Å². The SMILES string of the molecule is COc1ccc(OCc2ccc(OC)cc2O)cc1. The molecule has 1 N–H and O–H groups in total. The third-order valence-electron chi connectivity index (χ3n) is 2.75. The van der Waals surface area contributed by atoms with Gasteiger partial charge >= 0.3 is 0 Å². The van der Waals surface area contributed by atoms with Crippen molar-refractivity contribution in [1.82, 2.24) is 0 Å². The van der Waals surface area contributed by atoms with Gasteiger partial charge in [0.1, 0.15) is 29.6 Å². The van der Waals surface area contributed by atoms with Crippen molar-refractivity contribution in [2.24, 2.45) is 0 Å². The third-order valence-corrected chi connectivity index (χ3v) is 2.75. The predicted molar refractivity (Wildman–Crippen MR) is 72.0 cm³/mol. The number of hydrogen-bond acceptors (Lipinski definition) is 4. The monoisotopic (exact) mass is 260 g/mol. The maximum Gasteiger partial charge on any atom is 0.125 e. The second-order valence-electron chi connectivity index (χ2n) is 3.96. The van der Waals surface area contributed by atoms with Crippen LogP contribution in [0.5, 0.6) is 23.0 Å². The minimum absolute atomic E-state index is 0.160. The van der Waals surface area contributed by atoms with Crippen LogP contribution in [-0.2, 0) is 6.61 Å². The number of aromatic hydroxyl groups is 1. The van der Waals surface area contributed by atoms with Crippen LogP contribution in [0.3, 0.4) is 0 Å². The Kier molecular flexibility index (Phi) is 4.13. The molecule has 0 atom stereocenters. The number of hydrogen-bond donors (Lipinski definition) is 1. The molecule has 0 heterocycles. The van der Waals surface area contributed by atoms with Crippen LogP contribution in [0.4, 0.5) is 0 Å². The fourth-order valence-electron chi connectivity index (χ4n) is 1.63. The predicted octanol–water partition coefficient (Wildman–Crippen LogP) is 2.99.